The number of nitriles is 2. The van der Waals surface area contributed by atoms with Gasteiger partial charge in [-0.05, 0) is 70.6 Å². The Morgan fingerprint density at radius 1 is 1.21 bits per heavy atom. The molecule has 38 heavy (non-hydrogen) atoms. The van der Waals surface area contributed by atoms with Crippen LogP contribution in [-0.4, -0.2) is 81.5 Å². The summed E-state index contributed by atoms with van der Waals surface area (Å²) in [7, 11) is 0. The number of piperazine rings is 1. The molecular weight excluding hydrogens is 484 g/mol. The van der Waals surface area contributed by atoms with Crippen LogP contribution in [0.15, 0.2) is 24.3 Å². The van der Waals surface area contributed by atoms with Crippen LogP contribution in [0, 0.1) is 28.6 Å². The van der Waals surface area contributed by atoms with Crippen molar-refractivity contribution in [1.82, 2.24) is 20.0 Å². The van der Waals surface area contributed by atoms with E-state index in [0.29, 0.717) is 30.9 Å². The topological polar surface area (TPSA) is 130 Å². The Balaban J connectivity index is 1.31. The summed E-state index contributed by atoms with van der Waals surface area (Å²) in [5, 5.41) is 21.6. The highest BCUT2D eigenvalue weighted by molar-refractivity contribution is 5.89. The third kappa shape index (κ3) is 4.81. The van der Waals surface area contributed by atoms with Crippen molar-refractivity contribution in [3.05, 3.63) is 35.4 Å². The molecule has 2 bridgehead atoms. The van der Waals surface area contributed by atoms with Crippen molar-refractivity contribution >= 4 is 17.9 Å². The summed E-state index contributed by atoms with van der Waals surface area (Å²) in [5.74, 6) is 0.0452. The second-order valence-electron chi connectivity index (χ2n) is 11.9. The van der Waals surface area contributed by atoms with E-state index >= 15 is 0 Å². The molecule has 3 heterocycles. The second kappa shape index (κ2) is 9.59. The zero-order valence-corrected chi connectivity index (χ0v) is 22.3. The van der Waals surface area contributed by atoms with Crippen molar-refractivity contribution in [3.63, 3.8) is 0 Å². The summed E-state index contributed by atoms with van der Waals surface area (Å²) < 4.78 is 5.43. The maximum absolute atomic E-state index is 13.7. The van der Waals surface area contributed by atoms with Crippen LogP contribution in [0.4, 0.5) is 4.79 Å². The molecule has 0 unspecified atom stereocenters. The Kier molecular flexibility index (Phi) is 6.56. The summed E-state index contributed by atoms with van der Waals surface area (Å²) in [4.78, 5) is 45.4. The van der Waals surface area contributed by atoms with Gasteiger partial charge in [0.25, 0.3) is 0 Å². The number of alkyl carbamates (subject to hydrolysis) is 1. The maximum Gasteiger partial charge on any atom is 0.408 e. The molecule has 10 nitrogen and oxygen atoms in total. The molecule has 1 aromatic carbocycles. The van der Waals surface area contributed by atoms with Gasteiger partial charge in [-0.2, -0.15) is 10.5 Å². The zero-order valence-electron chi connectivity index (χ0n) is 22.3. The van der Waals surface area contributed by atoms with Crippen LogP contribution in [0.5, 0.6) is 0 Å². The van der Waals surface area contributed by atoms with Crippen molar-refractivity contribution in [2.75, 3.05) is 13.1 Å². The van der Waals surface area contributed by atoms with Gasteiger partial charge < -0.3 is 19.9 Å². The number of fused-ring (bicyclic) bond motifs is 3. The smallest absolute Gasteiger partial charge is 0.408 e. The maximum atomic E-state index is 13.7. The molecule has 4 aliphatic rings. The zero-order chi connectivity index (χ0) is 27.4. The molecule has 3 amide bonds. The van der Waals surface area contributed by atoms with Gasteiger partial charge in [0, 0.05) is 25.2 Å². The summed E-state index contributed by atoms with van der Waals surface area (Å²) >= 11 is 0. The third-order valence-corrected chi connectivity index (χ3v) is 8.14. The lowest BCUT2D eigenvalue weighted by molar-refractivity contribution is -0.141. The molecule has 4 fully saturated rings. The van der Waals surface area contributed by atoms with Gasteiger partial charge in [0.05, 0.1) is 29.8 Å². The second-order valence-corrected chi connectivity index (χ2v) is 11.9. The Hall–Kier alpha value is -3.63. The molecule has 0 spiro atoms. The molecule has 7 atom stereocenters. The fraction of sp³-hybridized carbons (Fsp3) is 0.607. The Bertz CT molecular complexity index is 1230. The van der Waals surface area contributed by atoms with Gasteiger partial charge in [-0.3, -0.25) is 14.5 Å². The first kappa shape index (κ1) is 26.0. The molecule has 1 saturated carbocycles. The first-order valence-electron chi connectivity index (χ1n) is 13.3. The normalized spacial score (nSPS) is 29.3. The van der Waals surface area contributed by atoms with Crippen LogP contribution >= 0.6 is 0 Å². The summed E-state index contributed by atoms with van der Waals surface area (Å²) in [6.07, 6.45) is 1.50. The molecule has 200 valence electrons. The predicted octanol–water partition coefficient (Wildman–Crippen LogP) is 2.31. The van der Waals surface area contributed by atoms with Crippen molar-refractivity contribution in [1.29, 1.82) is 10.5 Å². The molecule has 1 aliphatic carbocycles. The van der Waals surface area contributed by atoms with Crippen LogP contribution in [-0.2, 0) is 14.3 Å². The number of nitrogens with zero attached hydrogens (tertiary/aromatic N) is 5. The number of likely N-dealkylation sites (tertiary alicyclic amines) is 3. The van der Waals surface area contributed by atoms with E-state index in [9.17, 15) is 24.9 Å². The van der Waals surface area contributed by atoms with Gasteiger partial charge in [0.15, 0.2) is 0 Å². The highest BCUT2D eigenvalue weighted by Gasteiger charge is 2.56. The van der Waals surface area contributed by atoms with E-state index in [1.165, 1.54) is 0 Å². The van der Waals surface area contributed by atoms with Crippen LogP contribution in [0.25, 0.3) is 0 Å². The number of hydrogen-bond donors (Lipinski definition) is 1. The average molecular weight is 519 g/mol. The predicted molar refractivity (Wildman–Crippen MR) is 136 cm³/mol. The van der Waals surface area contributed by atoms with Crippen LogP contribution in [0.3, 0.4) is 0 Å². The Morgan fingerprint density at radius 2 is 1.97 bits per heavy atom. The van der Waals surface area contributed by atoms with Crippen molar-refractivity contribution in [3.8, 4) is 12.1 Å². The van der Waals surface area contributed by atoms with Crippen molar-refractivity contribution in [2.45, 2.75) is 88.8 Å². The molecule has 5 rings (SSSR count). The van der Waals surface area contributed by atoms with E-state index in [0.717, 1.165) is 12.0 Å². The average Bonchev–Trinajstić information content (AvgIpc) is 3.19. The molecule has 0 aromatic heterocycles. The van der Waals surface area contributed by atoms with E-state index in [2.05, 4.69) is 17.5 Å². The van der Waals surface area contributed by atoms with Gasteiger partial charge in [0.2, 0.25) is 11.8 Å². The number of amides is 3. The fourth-order valence-electron chi connectivity index (χ4n) is 6.37. The number of carbonyl (C=O) groups excluding carboxylic acids is 3. The Morgan fingerprint density at radius 3 is 2.63 bits per heavy atom. The van der Waals surface area contributed by atoms with Gasteiger partial charge in [-0.1, -0.05) is 12.1 Å². The SMILES string of the molecule is C[C@H](c1cccc(C#N)c1)N1C(=O)[C@H]2C[C@@H]1CN2C[C@H](NC(=O)OC(C)(C)C)C(=O)N1[C@H](C#N)C[C@@H]2C[C@@H]21. The minimum absolute atomic E-state index is 0.0158. The van der Waals surface area contributed by atoms with Gasteiger partial charge >= 0.3 is 6.09 Å². The number of benzene rings is 1. The van der Waals surface area contributed by atoms with E-state index in [1.807, 2.05) is 34.9 Å². The monoisotopic (exact) mass is 518 g/mol. The summed E-state index contributed by atoms with van der Waals surface area (Å²) in [6, 6.07) is 9.72. The fourth-order valence-corrected chi connectivity index (χ4v) is 6.37. The van der Waals surface area contributed by atoms with Gasteiger partial charge in [0.1, 0.15) is 17.7 Å². The minimum Gasteiger partial charge on any atom is -0.444 e. The van der Waals surface area contributed by atoms with E-state index in [4.69, 9.17) is 4.74 Å². The van der Waals surface area contributed by atoms with E-state index < -0.39 is 29.8 Å². The first-order chi connectivity index (χ1) is 18.0. The van der Waals surface area contributed by atoms with Crippen molar-refractivity contribution < 1.29 is 19.1 Å². The van der Waals surface area contributed by atoms with Crippen LogP contribution in [0.2, 0.25) is 0 Å². The van der Waals surface area contributed by atoms with Crippen LogP contribution < -0.4 is 5.32 Å². The molecule has 3 aliphatic heterocycles. The van der Waals surface area contributed by atoms with Gasteiger partial charge in [-0.25, -0.2) is 4.79 Å². The first-order valence-corrected chi connectivity index (χ1v) is 13.3. The lowest BCUT2D eigenvalue weighted by Crippen LogP contribution is -2.59. The minimum atomic E-state index is -0.926. The number of nitrogens with one attached hydrogen (secondary N) is 1. The Labute approximate surface area is 223 Å². The molecule has 1 N–H and O–H groups in total. The van der Waals surface area contributed by atoms with Gasteiger partial charge in [-0.15, -0.1) is 0 Å². The number of piperidine rings is 1. The van der Waals surface area contributed by atoms with Crippen LogP contribution in [0.1, 0.15) is 64.1 Å². The standard InChI is InChI=1S/C28H34N6O4/c1-16(18-7-5-6-17(8-18)12-29)33-21-11-24(26(33)36)32(14-21)15-22(31-27(37)38-28(2,3)4)25(35)34-20(13-30)9-19-10-23(19)34/h5-8,16,19-24H,9-11,14-15H2,1-4H3,(H,31,37)/t16-,19-,20+,21-,22+,23+,24-/m1/s1. The van der Waals surface area contributed by atoms with E-state index in [1.54, 1.807) is 31.7 Å². The van der Waals surface area contributed by atoms with Crippen molar-refractivity contribution in [2.24, 2.45) is 5.92 Å². The summed E-state index contributed by atoms with van der Waals surface area (Å²) in [5.41, 5.74) is 0.731. The molecule has 10 heteroatoms. The largest absolute Gasteiger partial charge is 0.444 e. The lowest BCUT2D eigenvalue weighted by Gasteiger charge is -2.39. The van der Waals surface area contributed by atoms with E-state index in [-0.39, 0.29) is 36.5 Å². The molecule has 0 radical (unpaired) electrons. The summed E-state index contributed by atoms with van der Waals surface area (Å²) in [6.45, 7) is 7.98. The highest BCUT2D eigenvalue weighted by Crippen LogP contribution is 2.48. The number of ether oxygens (including phenoxy) is 1. The molecule has 3 saturated heterocycles. The number of hydrogen-bond acceptors (Lipinski definition) is 7. The lowest BCUT2D eigenvalue weighted by atomic mass is 10.0. The molecule has 1 aromatic rings. The third-order valence-electron chi connectivity index (χ3n) is 8.14. The number of rotatable bonds is 6. The highest BCUT2D eigenvalue weighted by atomic mass is 16.6. The quantitative estimate of drug-likeness (QED) is 0.612. The molecular formula is C28H34N6O4. The number of carbonyl (C=O) groups is 3.